The molecule has 118 valence electrons. The van der Waals surface area contributed by atoms with Gasteiger partial charge in [-0.15, -0.1) is 12.8 Å². The zero-order chi connectivity index (χ0) is 17.0. The van der Waals surface area contributed by atoms with Gasteiger partial charge in [0.25, 0.3) is 11.8 Å². The Hall–Kier alpha value is -2.52. The Morgan fingerprint density at radius 1 is 1.04 bits per heavy atom. The summed E-state index contributed by atoms with van der Waals surface area (Å²) in [5.41, 5.74) is 1.44. The number of carbonyl (C=O) groups excluding carboxylic acids is 2. The lowest BCUT2D eigenvalue weighted by atomic mass is 9.98. The van der Waals surface area contributed by atoms with E-state index < -0.39 is 0 Å². The van der Waals surface area contributed by atoms with Gasteiger partial charge in [0.2, 0.25) is 0 Å². The van der Waals surface area contributed by atoms with Crippen LogP contribution in [0.3, 0.4) is 0 Å². The first-order valence-electron chi connectivity index (χ1n) is 8.05. The summed E-state index contributed by atoms with van der Waals surface area (Å²) in [6.45, 7) is 4.64. The second-order valence-corrected chi connectivity index (χ2v) is 5.84. The molecule has 0 aromatic heterocycles. The quantitative estimate of drug-likeness (QED) is 0.596. The Kier molecular flexibility index (Phi) is 5.24. The normalized spacial score (nSPS) is 14.3. The molecule has 1 aromatic rings. The number of amides is 2. The number of benzene rings is 1. The van der Waals surface area contributed by atoms with E-state index in [1.165, 1.54) is 4.90 Å². The van der Waals surface area contributed by atoms with Gasteiger partial charge in [-0.2, -0.15) is 0 Å². The maximum atomic E-state index is 12.7. The van der Waals surface area contributed by atoms with Crippen LogP contribution in [0.2, 0.25) is 0 Å². The van der Waals surface area contributed by atoms with Crippen LogP contribution in [0.1, 0.15) is 71.4 Å². The van der Waals surface area contributed by atoms with E-state index in [1.807, 2.05) is 0 Å². The van der Waals surface area contributed by atoms with E-state index in [0.717, 1.165) is 25.7 Å². The van der Waals surface area contributed by atoms with Crippen LogP contribution in [0, 0.1) is 30.6 Å². The summed E-state index contributed by atoms with van der Waals surface area (Å²) in [7, 11) is 0. The van der Waals surface area contributed by atoms with Gasteiger partial charge in [0, 0.05) is 17.7 Å². The smallest absolute Gasteiger partial charge is 0.262 e. The lowest BCUT2D eigenvalue weighted by molar-refractivity contribution is 0.0624. The van der Waals surface area contributed by atoms with Gasteiger partial charge in [-0.3, -0.25) is 14.5 Å². The molecule has 0 radical (unpaired) electrons. The zero-order valence-electron chi connectivity index (χ0n) is 13.7. The Morgan fingerprint density at radius 2 is 1.57 bits per heavy atom. The molecule has 0 fully saturated rings. The fourth-order valence-corrected chi connectivity index (χ4v) is 2.99. The molecule has 1 aliphatic heterocycles. The Balaban J connectivity index is 2.38. The first-order chi connectivity index (χ1) is 11.1. The first-order valence-corrected chi connectivity index (χ1v) is 8.05. The fraction of sp³-hybridized carbons (Fsp3) is 0.400. The van der Waals surface area contributed by atoms with Crippen LogP contribution in [0.15, 0.2) is 12.1 Å². The molecule has 0 aliphatic carbocycles. The molecule has 1 heterocycles. The minimum absolute atomic E-state index is 0.290. The molecule has 0 N–H and O–H groups in total. The van der Waals surface area contributed by atoms with E-state index in [9.17, 15) is 9.59 Å². The molecule has 0 saturated carbocycles. The topological polar surface area (TPSA) is 37.4 Å². The number of carbonyl (C=O) groups is 2. The van der Waals surface area contributed by atoms with Gasteiger partial charge >= 0.3 is 0 Å². The van der Waals surface area contributed by atoms with Crippen molar-refractivity contribution in [2.24, 2.45) is 5.92 Å². The minimum atomic E-state index is -0.315. The molecular formula is C20H21NO2. The van der Waals surface area contributed by atoms with Crippen LogP contribution >= 0.6 is 0 Å². The number of rotatable bonds is 6. The molecule has 23 heavy (non-hydrogen) atoms. The second kappa shape index (κ2) is 7.16. The van der Waals surface area contributed by atoms with E-state index in [2.05, 4.69) is 25.7 Å². The molecule has 3 nitrogen and oxygen atoms in total. The number of terminal acetylenes is 2. The molecule has 2 amide bonds. The number of hydrogen-bond acceptors (Lipinski definition) is 2. The van der Waals surface area contributed by atoms with Gasteiger partial charge < -0.3 is 0 Å². The fourth-order valence-electron chi connectivity index (χ4n) is 2.99. The largest absolute Gasteiger partial charge is 0.274 e. The van der Waals surface area contributed by atoms with Crippen molar-refractivity contribution in [2.45, 2.75) is 39.5 Å². The van der Waals surface area contributed by atoms with Crippen LogP contribution in [-0.2, 0) is 0 Å². The Labute approximate surface area is 138 Å². The van der Waals surface area contributed by atoms with E-state index in [-0.39, 0.29) is 11.8 Å². The predicted octanol–water partition coefficient (Wildman–Crippen LogP) is 3.46. The van der Waals surface area contributed by atoms with E-state index in [4.69, 9.17) is 12.8 Å². The highest BCUT2D eigenvalue weighted by atomic mass is 16.2. The molecular weight excluding hydrogens is 286 g/mol. The highest BCUT2D eigenvalue weighted by molar-refractivity contribution is 6.23. The number of fused-ring (bicyclic) bond motifs is 1. The first kappa shape index (κ1) is 16.8. The highest BCUT2D eigenvalue weighted by Crippen LogP contribution is 2.30. The van der Waals surface area contributed by atoms with Gasteiger partial charge in [0.05, 0.1) is 11.1 Å². The van der Waals surface area contributed by atoms with Crippen molar-refractivity contribution in [3.8, 4) is 24.7 Å². The molecule has 1 aromatic carbocycles. The average Bonchev–Trinajstić information content (AvgIpc) is 2.83. The average molecular weight is 307 g/mol. The standard InChI is InChI=1S/C20H21NO2/c1-5-9-10-14(6-2)13-21-19(22)17-15(7-3)11-12-16(8-4)18(17)20(21)23/h3-4,11-12,14H,5-6,9-10,13H2,1-2H3. The molecule has 0 spiro atoms. The molecule has 1 unspecified atom stereocenters. The van der Waals surface area contributed by atoms with Gasteiger partial charge in [0.15, 0.2) is 0 Å². The maximum Gasteiger partial charge on any atom is 0.262 e. The van der Waals surface area contributed by atoms with Gasteiger partial charge in [-0.1, -0.05) is 45.0 Å². The minimum Gasteiger partial charge on any atom is -0.274 e. The third-order valence-corrected chi connectivity index (χ3v) is 4.42. The molecule has 3 heteroatoms. The second-order valence-electron chi connectivity index (χ2n) is 5.84. The predicted molar refractivity (Wildman–Crippen MR) is 91.0 cm³/mol. The van der Waals surface area contributed by atoms with Crippen molar-refractivity contribution in [1.29, 1.82) is 0 Å². The maximum absolute atomic E-state index is 12.7. The van der Waals surface area contributed by atoms with E-state index in [0.29, 0.717) is 34.7 Å². The van der Waals surface area contributed by atoms with Crippen molar-refractivity contribution in [3.05, 3.63) is 34.4 Å². The molecule has 0 saturated heterocycles. The van der Waals surface area contributed by atoms with Crippen LogP contribution in [-0.4, -0.2) is 23.3 Å². The highest BCUT2D eigenvalue weighted by Gasteiger charge is 2.39. The molecule has 1 aliphatic rings. The van der Waals surface area contributed by atoms with Gasteiger partial charge in [-0.05, 0) is 24.5 Å². The summed E-state index contributed by atoms with van der Waals surface area (Å²) in [5, 5.41) is 0. The summed E-state index contributed by atoms with van der Waals surface area (Å²) >= 11 is 0. The van der Waals surface area contributed by atoms with Crippen LogP contribution in [0.5, 0.6) is 0 Å². The third-order valence-electron chi connectivity index (χ3n) is 4.42. The molecule has 0 bridgehead atoms. The van der Waals surface area contributed by atoms with E-state index >= 15 is 0 Å². The van der Waals surface area contributed by atoms with Gasteiger partial charge in [0.1, 0.15) is 0 Å². The summed E-state index contributed by atoms with van der Waals surface area (Å²) in [5.74, 6) is 4.64. The van der Waals surface area contributed by atoms with Crippen LogP contribution in [0.25, 0.3) is 0 Å². The number of hydrogen-bond donors (Lipinski definition) is 0. The van der Waals surface area contributed by atoms with Crippen molar-refractivity contribution < 1.29 is 9.59 Å². The Morgan fingerprint density at radius 3 is 1.96 bits per heavy atom. The number of unbranched alkanes of at least 4 members (excludes halogenated alkanes) is 1. The van der Waals surface area contributed by atoms with Crippen molar-refractivity contribution >= 4 is 11.8 Å². The van der Waals surface area contributed by atoms with Crippen molar-refractivity contribution in [1.82, 2.24) is 4.90 Å². The van der Waals surface area contributed by atoms with Crippen LogP contribution < -0.4 is 0 Å². The SMILES string of the molecule is C#Cc1ccc(C#C)c2c1C(=O)N(CC(CC)CCCC)C2=O. The van der Waals surface area contributed by atoms with Gasteiger partial charge in [-0.25, -0.2) is 0 Å². The summed E-state index contributed by atoms with van der Waals surface area (Å²) in [6.07, 6.45) is 15.1. The monoisotopic (exact) mass is 307 g/mol. The summed E-state index contributed by atoms with van der Waals surface area (Å²) in [4.78, 5) is 26.8. The summed E-state index contributed by atoms with van der Waals surface area (Å²) < 4.78 is 0. The number of imide groups is 1. The molecule has 1 atom stereocenters. The van der Waals surface area contributed by atoms with Crippen molar-refractivity contribution in [3.63, 3.8) is 0 Å². The van der Waals surface area contributed by atoms with Crippen molar-refractivity contribution in [2.75, 3.05) is 6.54 Å². The van der Waals surface area contributed by atoms with Crippen LogP contribution in [0.4, 0.5) is 0 Å². The lowest BCUT2D eigenvalue weighted by Gasteiger charge is -2.21. The number of nitrogens with zero attached hydrogens (tertiary/aromatic N) is 1. The summed E-state index contributed by atoms with van der Waals surface area (Å²) in [6, 6.07) is 3.27. The Bertz CT molecular complexity index is 665. The zero-order valence-corrected chi connectivity index (χ0v) is 13.7. The lowest BCUT2D eigenvalue weighted by Crippen LogP contribution is -2.34. The third kappa shape index (κ3) is 3.01. The molecule has 2 rings (SSSR count). The van der Waals surface area contributed by atoms with E-state index in [1.54, 1.807) is 12.1 Å².